The highest BCUT2D eigenvalue weighted by molar-refractivity contribution is 5.93. The van der Waals surface area contributed by atoms with Gasteiger partial charge in [-0.05, 0) is 32.0 Å². The number of aryl methyl sites for hydroxylation is 2. The first-order chi connectivity index (χ1) is 14.1. The molecule has 0 spiro atoms. The molecule has 8 nitrogen and oxygen atoms in total. The Kier molecular flexibility index (Phi) is 4.90. The maximum absolute atomic E-state index is 12.4. The van der Waals surface area contributed by atoms with Crippen molar-refractivity contribution in [2.75, 3.05) is 0 Å². The summed E-state index contributed by atoms with van der Waals surface area (Å²) in [4.78, 5) is 33.2. The molecule has 0 amide bonds. The average Bonchev–Trinajstić information content (AvgIpc) is 3.22. The van der Waals surface area contributed by atoms with Crippen molar-refractivity contribution < 1.29 is 14.1 Å². The molecule has 2 aromatic heterocycles. The predicted molar refractivity (Wildman–Crippen MR) is 105 cm³/mol. The second kappa shape index (κ2) is 7.67. The molecule has 0 N–H and O–H groups in total. The molecule has 0 aliphatic carbocycles. The third kappa shape index (κ3) is 3.64. The Morgan fingerprint density at radius 3 is 2.69 bits per heavy atom. The molecule has 0 radical (unpaired) electrons. The number of rotatable bonds is 5. The highest BCUT2D eigenvalue weighted by Crippen LogP contribution is 2.17. The van der Waals surface area contributed by atoms with Crippen LogP contribution in [0.15, 0.2) is 57.8 Å². The standard InChI is InChI=1S/C21H18N4O4/c1-3-25-17-10-9-15(11-16(17)22-13(2)20(25)26)21(27)28-12-18-23-19(24-29-18)14-7-5-4-6-8-14/h4-11H,3,12H2,1-2H3. The van der Waals surface area contributed by atoms with Gasteiger partial charge in [0.25, 0.3) is 11.4 Å². The SMILES string of the molecule is CCn1c(=O)c(C)nc2cc(C(=O)OCc3nc(-c4ccccc4)no3)ccc21. The Labute approximate surface area is 165 Å². The molecule has 2 heterocycles. The van der Waals surface area contributed by atoms with Crippen LogP contribution in [0, 0.1) is 6.92 Å². The van der Waals surface area contributed by atoms with Crippen molar-refractivity contribution in [3.05, 3.63) is 76.0 Å². The number of hydrogen-bond donors (Lipinski definition) is 0. The van der Waals surface area contributed by atoms with E-state index in [1.807, 2.05) is 37.3 Å². The smallest absolute Gasteiger partial charge is 0.338 e. The van der Waals surface area contributed by atoms with Crippen LogP contribution >= 0.6 is 0 Å². The minimum atomic E-state index is -0.542. The van der Waals surface area contributed by atoms with E-state index in [1.165, 1.54) is 0 Å². The summed E-state index contributed by atoms with van der Waals surface area (Å²) in [5.41, 5.74) is 2.61. The lowest BCUT2D eigenvalue weighted by Crippen LogP contribution is -2.23. The first kappa shape index (κ1) is 18.5. The lowest BCUT2D eigenvalue weighted by molar-refractivity contribution is 0.0430. The van der Waals surface area contributed by atoms with Gasteiger partial charge in [-0.2, -0.15) is 4.98 Å². The van der Waals surface area contributed by atoms with E-state index in [0.29, 0.717) is 34.7 Å². The maximum Gasteiger partial charge on any atom is 0.338 e. The third-order valence-corrected chi connectivity index (χ3v) is 4.49. The van der Waals surface area contributed by atoms with Gasteiger partial charge in [-0.15, -0.1) is 0 Å². The lowest BCUT2D eigenvalue weighted by Gasteiger charge is -2.09. The molecule has 0 fully saturated rings. The molecule has 0 saturated carbocycles. The molecular weight excluding hydrogens is 372 g/mol. The van der Waals surface area contributed by atoms with Crippen molar-refractivity contribution in [2.24, 2.45) is 0 Å². The molecule has 4 rings (SSSR count). The molecule has 0 aliphatic heterocycles. The summed E-state index contributed by atoms with van der Waals surface area (Å²) in [6, 6.07) is 14.3. The number of aromatic nitrogens is 4. The van der Waals surface area contributed by atoms with Gasteiger partial charge in [0.05, 0.1) is 16.6 Å². The predicted octanol–water partition coefficient (Wildman–Crippen LogP) is 3.13. The first-order valence-corrected chi connectivity index (χ1v) is 9.13. The number of esters is 1. The average molecular weight is 390 g/mol. The number of hydrogen-bond acceptors (Lipinski definition) is 7. The van der Waals surface area contributed by atoms with Crippen LogP contribution in [0.25, 0.3) is 22.4 Å². The largest absolute Gasteiger partial charge is 0.452 e. The molecule has 146 valence electrons. The van der Waals surface area contributed by atoms with Gasteiger partial charge >= 0.3 is 5.97 Å². The van der Waals surface area contributed by atoms with Crippen molar-refractivity contribution >= 4 is 17.0 Å². The topological polar surface area (TPSA) is 100 Å². The third-order valence-electron chi connectivity index (χ3n) is 4.49. The van der Waals surface area contributed by atoms with Gasteiger partial charge in [-0.1, -0.05) is 35.5 Å². The van der Waals surface area contributed by atoms with E-state index in [0.717, 1.165) is 5.56 Å². The zero-order chi connectivity index (χ0) is 20.4. The Hall–Kier alpha value is -3.81. The number of benzene rings is 2. The number of fused-ring (bicyclic) bond motifs is 1. The van der Waals surface area contributed by atoms with Gasteiger partial charge in [-0.3, -0.25) is 4.79 Å². The molecule has 0 saturated heterocycles. The molecule has 29 heavy (non-hydrogen) atoms. The monoisotopic (exact) mass is 390 g/mol. The number of carbonyl (C=O) groups is 1. The molecule has 0 unspecified atom stereocenters. The molecule has 0 bridgehead atoms. The maximum atomic E-state index is 12.4. The van der Waals surface area contributed by atoms with Gasteiger partial charge in [-0.25, -0.2) is 9.78 Å². The van der Waals surface area contributed by atoms with Gasteiger partial charge < -0.3 is 13.8 Å². The molecule has 8 heteroatoms. The van der Waals surface area contributed by atoms with Crippen LogP contribution in [-0.4, -0.2) is 25.7 Å². The summed E-state index contributed by atoms with van der Waals surface area (Å²) >= 11 is 0. The highest BCUT2D eigenvalue weighted by Gasteiger charge is 2.14. The van der Waals surface area contributed by atoms with E-state index in [4.69, 9.17) is 9.26 Å². The number of carbonyl (C=O) groups excluding carboxylic acids is 1. The Balaban J connectivity index is 1.52. The van der Waals surface area contributed by atoms with Gasteiger partial charge in [0.1, 0.15) is 5.69 Å². The van der Waals surface area contributed by atoms with Crippen molar-refractivity contribution in [3.63, 3.8) is 0 Å². The van der Waals surface area contributed by atoms with Crippen LogP contribution in [0.2, 0.25) is 0 Å². The second-order valence-corrected chi connectivity index (χ2v) is 6.40. The van der Waals surface area contributed by atoms with Crippen molar-refractivity contribution in [2.45, 2.75) is 27.0 Å². The van der Waals surface area contributed by atoms with Crippen molar-refractivity contribution in [3.8, 4) is 11.4 Å². The molecule has 2 aromatic carbocycles. The van der Waals surface area contributed by atoms with Crippen LogP contribution in [0.5, 0.6) is 0 Å². The van der Waals surface area contributed by atoms with Crippen LogP contribution in [0.1, 0.15) is 28.9 Å². The summed E-state index contributed by atoms with van der Waals surface area (Å²) in [5, 5.41) is 3.90. The summed E-state index contributed by atoms with van der Waals surface area (Å²) in [6.07, 6.45) is 0. The van der Waals surface area contributed by atoms with Crippen molar-refractivity contribution in [1.82, 2.24) is 19.7 Å². The van der Waals surface area contributed by atoms with E-state index >= 15 is 0 Å². The summed E-state index contributed by atoms with van der Waals surface area (Å²) in [5.74, 6) is 0.0893. The number of nitrogens with zero attached hydrogens (tertiary/aromatic N) is 4. The van der Waals surface area contributed by atoms with Crippen LogP contribution in [0.3, 0.4) is 0 Å². The van der Waals surface area contributed by atoms with Gasteiger partial charge in [0.15, 0.2) is 6.61 Å². The van der Waals surface area contributed by atoms with E-state index < -0.39 is 5.97 Å². The van der Waals surface area contributed by atoms with Crippen LogP contribution in [0.4, 0.5) is 0 Å². The Morgan fingerprint density at radius 2 is 1.93 bits per heavy atom. The fourth-order valence-electron chi connectivity index (χ4n) is 3.04. The minimum Gasteiger partial charge on any atom is -0.452 e. The van der Waals surface area contributed by atoms with E-state index in [-0.39, 0.29) is 18.1 Å². The molecule has 0 atom stereocenters. The fourth-order valence-corrected chi connectivity index (χ4v) is 3.04. The Bertz CT molecular complexity index is 1240. The van der Waals surface area contributed by atoms with Gasteiger partial charge in [0.2, 0.25) is 5.82 Å². The van der Waals surface area contributed by atoms with Crippen LogP contribution < -0.4 is 5.56 Å². The summed E-state index contributed by atoms with van der Waals surface area (Å²) in [6.45, 7) is 3.91. The zero-order valence-electron chi connectivity index (χ0n) is 16.0. The quantitative estimate of drug-likeness (QED) is 0.483. The summed E-state index contributed by atoms with van der Waals surface area (Å²) in [7, 11) is 0. The van der Waals surface area contributed by atoms with Crippen molar-refractivity contribution in [1.29, 1.82) is 0 Å². The van der Waals surface area contributed by atoms with E-state index in [2.05, 4.69) is 15.1 Å². The fraction of sp³-hybridized carbons (Fsp3) is 0.190. The Morgan fingerprint density at radius 1 is 1.14 bits per heavy atom. The molecule has 4 aromatic rings. The molecular formula is C21H18N4O4. The molecule has 0 aliphatic rings. The van der Waals surface area contributed by atoms with E-state index in [1.54, 1.807) is 29.7 Å². The van der Waals surface area contributed by atoms with Crippen LogP contribution in [-0.2, 0) is 17.9 Å². The summed E-state index contributed by atoms with van der Waals surface area (Å²) < 4.78 is 12.1. The number of ether oxygens (including phenoxy) is 1. The highest BCUT2D eigenvalue weighted by atomic mass is 16.6. The van der Waals surface area contributed by atoms with Gasteiger partial charge in [0, 0.05) is 12.1 Å². The van der Waals surface area contributed by atoms with E-state index in [9.17, 15) is 9.59 Å². The second-order valence-electron chi connectivity index (χ2n) is 6.40. The normalized spacial score (nSPS) is 11.0. The zero-order valence-corrected chi connectivity index (χ0v) is 16.0. The lowest BCUT2D eigenvalue weighted by atomic mass is 10.2. The minimum absolute atomic E-state index is 0.138. The first-order valence-electron chi connectivity index (χ1n) is 9.13.